The van der Waals surface area contributed by atoms with Crippen molar-refractivity contribution >= 4 is 22.3 Å². The number of halogens is 6. The van der Waals surface area contributed by atoms with Crippen LogP contribution in [0.3, 0.4) is 0 Å². The summed E-state index contributed by atoms with van der Waals surface area (Å²) >= 11 is 0. The third kappa shape index (κ3) is 7.13. The van der Waals surface area contributed by atoms with Gasteiger partial charge in [-0.1, -0.05) is 24.3 Å². The molecule has 0 saturated carbocycles. The molecular formula is C50H18F6N10. The number of allylic oxidation sites excluding steroid dienone is 4. The Kier molecular flexibility index (Phi) is 11.2. The van der Waals surface area contributed by atoms with Gasteiger partial charge in [0.05, 0.1) is 110 Å². The Bertz CT molecular complexity index is 3190. The van der Waals surface area contributed by atoms with Crippen LogP contribution in [-0.4, -0.2) is 0 Å². The molecule has 0 amide bonds. The number of benzene rings is 5. The van der Waals surface area contributed by atoms with E-state index in [1.165, 1.54) is 36.4 Å². The zero-order chi connectivity index (χ0) is 47.8. The third-order valence-corrected chi connectivity index (χ3v) is 11.4. The van der Waals surface area contributed by atoms with Gasteiger partial charge in [-0.3, -0.25) is 0 Å². The summed E-state index contributed by atoms with van der Waals surface area (Å²) < 4.78 is 83.3. The van der Waals surface area contributed by atoms with Gasteiger partial charge in [0.15, 0.2) is 0 Å². The summed E-state index contributed by atoms with van der Waals surface area (Å²) in [6.07, 6.45) is -9.63. The highest BCUT2D eigenvalue weighted by Crippen LogP contribution is 2.62. The first kappa shape index (κ1) is 44.1. The molecule has 2 aliphatic carbocycles. The van der Waals surface area contributed by atoms with E-state index in [4.69, 9.17) is 0 Å². The lowest BCUT2D eigenvalue weighted by Crippen LogP contribution is -2.17. The quantitative estimate of drug-likeness (QED) is 0.146. The topological polar surface area (TPSA) is 238 Å². The minimum Gasteiger partial charge on any atom is -0.198 e. The number of alkyl halides is 6. The maximum Gasteiger partial charge on any atom is 0.416 e. The van der Waals surface area contributed by atoms with Crippen LogP contribution in [-0.2, 0) is 12.4 Å². The molecule has 0 fully saturated rings. The minimum absolute atomic E-state index is 0.0133. The highest BCUT2D eigenvalue weighted by molar-refractivity contribution is 6.13. The number of hydrogen-bond donors (Lipinski definition) is 0. The average molecular weight is 873 g/mol. The van der Waals surface area contributed by atoms with Crippen LogP contribution in [0.2, 0.25) is 0 Å². The summed E-state index contributed by atoms with van der Waals surface area (Å²) in [5.41, 5.74) is -5.76. The van der Waals surface area contributed by atoms with Gasteiger partial charge in [0, 0.05) is 23.0 Å². The molecule has 10 nitrogen and oxygen atoms in total. The van der Waals surface area contributed by atoms with E-state index in [0.717, 1.165) is 24.3 Å². The molecule has 66 heavy (non-hydrogen) atoms. The molecule has 0 aromatic heterocycles. The van der Waals surface area contributed by atoms with E-state index in [1.54, 1.807) is 0 Å². The predicted octanol–water partition coefficient (Wildman–Crippen LogP) is 10.6. The zero-order valence-electron chi connectivity index (χ0n) is 33.1. The molecule has 0 aliphatic heterocycles. The van der Waals surface area contributed by atoms with Gasteiger partial charge in [-0.25, -0.2) is 0 Å². The monoisotopic (exact) mass is 872 g/mol. The number of nitrogens with zero attached hydrogens (tertiary/aromatic N) is 10. The van der Waals surface area contributed by atoms with Crippen LogP contribution < -0.4 is 0 Å². The molecule has 310 valence electrons. The second-order valence-corrected chi connectivity index (χ2v) is 14.8. The number of fused-ring (bicyclic) bond motifs is 2. The van der Waals surface area contributed by atoms with Crippen LogP contribution in [0.1, 0.15) is 113 Å². The first-order valence-corrected chi connectivity index (χ1v) is 19.0. The van der Waals surface area contributed by atoms with E-state index in [2.05, 4.69) is 18.2 Å². The van der Waals surface area contributed by atoms with Crippen molar-refractivity contribution < 1.29 is 26.3 Å². The maximum absolute atomic E-state index is 13.9. The predicted molar refractivity (Wildman–Crippen MR) is 218 cm³/mol. The summed E-state index contributed by atoms with van der Waals surface area (Å²) in [6.45, 7) is 0. The molecule has 5 aromatic carbocycles. The number of rotatable bonds is 6. The molecule has 4 unspecified atom stereocenters. The van der Waals surface area contributed by atoms with Crippen molar-refractivity contribution in [3.8, 4) is 60.7 Å². The summed E-state index contributed by atoms with van der Waals surface area (Å²) in [4.78, 5) is 0. The molecule has 0 N–H and O–H groups in total. The van der Waals surface area contributed by atoms with Gasteiger partial charge in [0.25, 0.3) is 0 Å². The van der Waals surface area contributed by atoms with Gasteiger partial charge in [0.1, 0.15) is 18.2 Å². The second kappa shape index (κ2) is 16.7. The second-order valence-electron chi connectivity index (χ2n) is 14.8. The fraction of sp³-hybridized carbons (Fsp3) is 0.120. The Hall–Kier alpha value is -9.94. The highest BCUT2D eigenvalue weighted by atomic mass is 19.4. The molecule has 4 atom stereocenters. The van der Waals surface area contributed by atoms with E-state index in [0.29, 0.717) is 24.3 Å². The largest absolute Gasteiger partial charge is 0.416 e. The molecule has 0 radical (unpaired) electrons. The van der Waals surface area contributed by atoms with Gasteiger partial charge in [-0.2, -0.15) is 79.0 Å². The smallest absolute Gasteiger partial charge is 0.198 e. The van der Waals surface area contributed by atoms with E-state index in [1.807, 2.05) is 42.5 Å². The Labute approximate surface area is 370 Å². The molecule has 0 spiro atoms. The average Bonchev–Trinajstić information content (AvgIpc) is 3.83. The van der Waals surface area contributed by atoms with E-state index in [9.17, 15) is 79.0 Å². The lowest BCUT2D eigenvalue weighted by molar-refractivity contribution is -0.138. The Morgan fingerprint density at radius 1 is 0.394 bits per heavy atom. The fourth-order valence-electron chi connectivity index (χ4n) is 8.86. The zero-order valence-corrected chi connectivity index (χ0v) is 33.1. The molecule has 0 bridgehead atoms. The SMILES string of the molecule is N#CC1=C(c2ccc(C(F)(F)F)cc2)C(C(C#N)c2cc(C#N)cc(C#N)c2)c2c(C#N)c3c(c(C#N)c21)C(C#N)=C(c1ccc(C(F)(F)F)cc1)C3C(C#N)c1cc(C#N)cc(C#N)c1. The molecular weight excluding hydrogens is 855 g/mol. The highest BCUT2D eigenvalue weighted by Gasteiger charge is 2.49. The normalized spacial score (nSPS) is 15.6. The third-order valence-electron chi connectivity index (χ3n) is 11.4. The first-order valence-electron chi connectivity index (χ1n) is 19.0. The first-order chi connectivity index (χ1) is 31.6. The summed E-state index contributed by atoms with van der Waals surface area (Å²) in [6, 6.07) is 34.3. The molecule has 2 aliphatic rings. The van der Waals surface area contributed by atoms with Crippen LogP contribution in [0, 0.1) is 113 Å². The van der Waals surface area contributed by atoms with Crippen molar-refractivity contribution in [2.24, 2.45) is 0 Å². The molecule has 0 saturated heterocycles. The van der Waals surface area contributed by atoms with Crippen molar-refractivity contribution in [2.75, 3.05) is 0 Å². The van der Waals surface area contributed by atoms with Crippen LogP contribution in [0.25, 0.3) is 22.3 Å². The van der Waals surface area contributed by atoms with E-state index >= 15 is 0 Å². The Morgan fingerprint density at radius 2 is 0.712 bits per heavy atom. The maximum atomic E-state index is 13.9. The number of hydrogen-bond acceptors (Lipinski definition) is 10. The molecule has 5 aromatic rings. The van der Waals surface area contributed by atoms with Crippen LogP contribution in [0.15, 0.2) is 84.9 Å². The van der Waals surface area contributed by atoms with Crippen LogP contribution in [0.5, 0.6) is 0 Å². The van der Waals surface area contributed by atoms with Gasteiger partial charge >= 0.3 is 12.4 Å². The van der Waals surface area contributed by atoms with Crippen LogP contribution >= 0.6 is 0 Å². The van der Waals surface area contributed by atoms with Crippen molar-refractivity contribution in [1.29, 1.82) is 52.6 Å². The van der Waals surface area contributed by atoms with Gasteiger partial charge < -0.3 is 0 Å². The summed E-state index contributed by atoms with van der Waals surface area (Å²) in [5.74, 6) is -6.31. The van der Waals surface area contributed by atoms with Crippen molar-refractivity contribution in [1.82, 2.24) is 0 Å². The Balaban J connectivity index is 1.68. The van der Waals surface area contributed by atoms with Crippen LogP contribution in [0.4, 0.5) is 26.3 Å². The summed E-state index contributed by atoms with van der Waals surface area (Å²) in [7, 11) is 0. The van der Waals surface area contributed by atoms with Gasteiger partial charge in [0.2, 0.25) is 0 Å². The lowest BCUT2D eigenvalue weighted by atomic mass is 9.71. The molecule has 0 heterocycles. The van der Waals surface area contributed by atoms with Gasteiger partial charge in [-0.05, 0) is 105 Å². The van der Waals surface area contributed by atoms with E-state index in [-0.39, 0.29) is 77.9 Å². The lowest BCUT2D eigenvalue weighted by Gasteiger charge is -2.28. The minimum atomic E-state index is -4.82. The van der Waals surface area contributed by atoms with E-state index < -0.39 is 69.4 Å². The van der Waals surface area contributed by atoms with Crippen molar-refractivity contribution in [2.45, 2.75) is 36.0 Å². The van der Waals surface area contributed by atoms with Crippen molar-refractivity contribution in [3.05, 3.63) is 174 Å². The Morgan fingerprint density at radius 3 is 0.955 bits per heavy atom. The van der Waals surface area contributed by atoms with Crippen molar-refractivity contribution in [3.63, 3.8) is 0 Å². The molecule has 16 heteroatoms. The molecule has 7 rings (SSSR count). The van der Waals surface area contributed by atoms with Gasteiger partial charge in [-0.15, -0.1) is 0 Å². The fourth-order valence-corrected chi connectivity index (χ4v) is 8.86. The summed E-state index contributed by atoms with van der Waals surface area (Å²) in [5, 5.41) is 106. The number of nitriles is 10. The standard InChI is InChI=1S/C50H18F6N10/c51-49(52,53)33-5-1-29(2-6-33)41-37(21-63)43-39(23-65)44-38(22-64)42(30-3-7-34(8-4-30)50(54,55)56)46(36(20-62)32-13-27(17-59)10-28(14-32)18-60)48(44)40(24-66)47(43)45(41)35(19-61)31-11-25(15-57)9-26(12-31)16-58/h1-14,35-36,45-46H.